The smallest absolute Gasteiger partial charge is 0.270 e. The number of aryl methyl sites for hydroxylation is 1. The molecule has 1 aliphatic heterocycles. The van der Waals surface area contributed by atoms with Crippen molar-refractivity contribution in [1.82, 2.24) is 19.7 Å². The topological polar surface area (TPSA) is 53.9 Å². The third-order valence-electron chi connectivity index (χ3n) is 4.89. The zero-order valence-electron chi connectivity index (χ0n) is 14.4. The monoisotopic (exact) mass is 334 g/mol. The number of aromatic nitrogens is 3. The van der Waals surface area contributed by atoms with E-state index in [4.69, 9.17) is 0 Å². The van der Waals surface area contributed by atoms with Gasteiger partial charge in [-0.25, -0.2) is 0 Å². The van der Waals surface area contributed by atoms with Crippen molar-refractivity contribution in [3.8, 4) is 22.4 Å². The van der Waals surface area contributed by atoms with Crippen molar-refractivity contribution < 1.29 is 4.79 Å². The van der Waals surface area contributed by atoms with Crippen molar-refractivity contribution in [3.05, 3.63) is 54.5 Å². The van der Waals surface area contributed by atoms with Crippen LogP contribution < -0.4 is 0 Å². The number of benzene rings is 1. The van der Waals surface area contributed by atoms with Crippen LogP contribution >= 0.6 is 0 Å². The molecule has 2 aromatic heterocycles. The lowest BCUT2D eigenvalue weighted by Gasteiger charge is -2.26. The predicted molar refractivity (Wildman–Crippen MR) is 98.2 cm³/mol. The molecule has 1 amide bonds. The summed E-state index contributed by atoms with van der Waals surface area (Å²) in [4.78, 5) is 17.7. The fourth-order valence-corrected chi connectivity index (χ4v) is 3.44. The van der Waals surface area contributed by atoms with Gasteiger partial charge in [0.1, 0.15) is 5.69 Å². The van der Waals surface area contributed by atoms with Crippen LogP contribution in [0.5, 0.6) is 0 Å². The van der Waals surface area contributed by atoms with Gasteiger partial charge in [0, 0.05) is 32.5 Å². The number of aromatic amines is 1. The summed E-state index contributed by atoms with van der Waals surface area (Å²) in [7, 11) is 1.94. The van der Waals surface area contributed by atoms with E-state index in [1.165, 1.54) is 6.42 Å². The fraction of sp³-hybridized carbons (Fsp3) is 0.300. The number of likely N-dealkylation sites (tertiary alicyclic amines) is 1. The summed E-state index contributed by atoms with van der Waals surface area (Å²) in [6, 6.07) is 12.3. The molecular weight excluding hydrogens is 312 g/mol. The molecule has 5 nitrogen and oxygen atoms in total. The van der Waals surface area contributed by atoms with Crippen molar-refractivity contribution in [2.24, 2.45) is 7.05 Å². The molecule has 0 saturated carbocycles. The maximum Gasteiger partial charge on any atom is 0.270 e. The average molecular weight is 334 g/mol. The minimum absolute atomic E-state index is 0.109. The van der Waals surface area contributed by atoms with Crippen molar-refractivity contribution in [1.29, 1.82) is 0 Å². The molecule has 1 N–H and O–H groups in total. The van der Waals surface area contributed by atoms with Gasteiger partial charge in [-0.2, -0.15) is 5.10 Å². The van der Waals surface area contributed by atoms with Gasteiger partial charge in [-0.15, -0.1) is 0 Å². The van der Waals surface area contributed by atoms with Crippen LogP contribution in [-0.2, 0) is 7.05 Å². The number of nitrogens with zero attached hydrogens (tertiary/aromatic N) is 3. The number of rotatable bonds is 3. The first-order chi connectivity index (χ1) is 12.2. The molecule has 5 heteroatoms. The summed E-state index contributed by atoms with van der Waals surface area (Å²) in [6.07, 6.45) is 7.15. The Labute approximate surface area is 147 Å². The first kappa shape index (κ1) is 15.7. The molecule has 1 aromatic carbocycles. The predicted octanol–water partition coefficient (Wildman–Crippen LogP) is 3.71. The molecule has 0 spiro atoms. The molecule has 0 radical (unpaired) electrons. The molecular formula is C20H22N4O. The van der Waals surface area contributed by atoms with Crippen molar-refractivity contribution in [2.45, 2.75) is 19.3 Å². The summed E-state index contributed by atoms with van der Waals surface area (Å²) >= 11 is 0. The molecule has 4 rings (SSSR count). The molecule has 3 heterocycles. The molecule has 128 valence electrons. The SMILES string of the molecule is Cn1nccc1-c1ccc(-c2c[nH]c(C(=O)N3CCCCC3)c2)cc1. The molecule has 1 fully saturated rings. The van der Waals surface area contributed by atoms with Gasteiger partial charge in [0.25, 0.3) is 5.91 Å². The van der Waals surface area contributed by atoms with Gasteiger partial charge in [0.2, 0.25) is 0 Å². The van der Waals surface area contributed by atoms with E-state index >= 15 is 0 Å². The van der Waals surface area contributed by atoms with Gasteiger partial charge in [0.05, 0.1) is 5.69 Å². The van der Waals surface area contributed by atoms with Crippen LogP contribution in [0.4, 0.5) is 0 Å². The quantitative estimate of drug-likeness (QED) is 0.794. The Balaban J connectivity index is 1.54. The number of carbonyl (C=O) groups is 1. The number of hydrogen-bond donors (Lipinski definition) is 1. The maximum atomic E-state index is 12.6. The molecule has 0 unspecified atom stereocenters. The van der Waals surface area contributed by atoms with E-state index in [1.54, 1.807) is 6.20 Å². The van der Waals surface area contributed by atoms with Gasteiger partial charge in [0.15, 0.2) is 0 Å². The summed E-state index contributed by atoms with van der Waals surface area (Å²) < 4.78 is 1.86. The number of amides is 1. The summed E-state index contributed by atoms with van der Waals surface area (Å²) in [5.74, 6) is 0.109. The van der Waals surface area contributed by atoms with Crippen LogP contribution in [0.3, 0.4) is 0 Å². The molecule has 1 aliphatic rings. The number of hydrogen-bond acceptors (Lipinski definition) is 2. The first-order valence-corrected chi connectivity index (χ1v) is 8.79. The Morgan fingerprint density at radius 1 is 1.00 bits per heavy atom. The number of H-pyrrole nitrogens is 1. The van der Waals surface area contributed by atoms with E-state index in [1.807, 2.05) is 35.0 Å². The largest absolute Gasteiger partial charge is 0.357 e. The average Bonchev–Trinajstić information content (AvgIpc) is 3.31. The van der Waals surface area contributed by atoms with E-state index in [-0.39, 0.29) is 5.91 Å². The molecule has 0 atom stereocenters. The van der Waals surface area contributed by atoms with Crippen LogP contribution in [0.25, 0.3) is 22.4 Å². The molecule has 0 bridgehead atoms. The third-order valence-corrected chi connectivity index (χ3v) is 4.89. The number of nitrogens with one attached hydrogen (secondary N) is 1. The van der Waals surface area contributed by atoms with Crippen molar-refractivity contribution in [2.75, 3.05) is 13.1 Å². The van der Waals surface area contributed by atoms with E-state index in [0.29, 0.717) is 5.69 Å². The van der Waals surface area contributed by atoms with Gasteiger partial charge < -0.3 is 9.88 Å². The van der Waals surface area contributed by atoms with Crippen LogP contribution in [-0.4, -0.2) is 38.7 Å². The highest BCUT2D eigenvalue weighted by molar-refractivity contribution is 5.94. The maximum absolute atomic E-state index is 12.6. The summed E-state index contributed by atoms with van der Waals surface area (Å²) in [6.45, 7) is 1.74. The molecule has 25 heavy (non-hydrogen) atoms. The van der Waals surface area contributed by atoms with Crippen molar-refractivity contribution in [3.63, 3.8) is 0 Å². The van der Waals surface area contributed by atoms with Gasteiger partial charge >= 0.3 is 0 Å². The Kier molecular flexibility index (Phi) is 4.14. The minimum atomic E-state index is 0.109. The zero-order valence-corrected chi connectivity index (χ0v) is 14.4. The Bertz CT molecular complexity index is 869. The lowest BCUT2D eigenvalue weighted by Crippen LogP contribution is -2.35. The van der Waals surface area contributed by atoms with Gasteiger partial charge in [-0.05, 0) is 48.1 Å². The second-order valence-electron chi connectivity index (χ2n) is 6.57. The van der Waals surface area contributed by atoms with Gasteiger partial charge in [-0.1, -0.05) is 24.3 Å². The lowest BCUT2D eigenvalue weighted by atomic mass is 10.0. The molecule has 3 aromatic rings. The van der Waals surface area contributed by atoms with E-state index in [9.17, 15) is 4.79 Å². The van der Waals surface area contributed by atoms with Crippen LogP contribution in [0, 0.1) is 0 Å². The highest BCUT2D eigenvalue weighted by Gasteiger charge is 2.19. The normalized spacial score (nSPS) is 14.7. The number of carbonyl (C=O) groups excluding carboxylic acids is 1. The highest BCUT2D eigenvalue weighted by Crippen LogP contribution is 2.25. The fourth-order valence-electron chi connectivity index (χ4n) is 3.44. The standard InChI is InChI=1S/C20H22N4O/c1-23-19(9-10-22-23)16-7-5-15(6-8-16)17-13-18(21-14-17)20(25)24-11-3-2-4-12-24/h5-10,13-14,21H,2-4,11-12H2,1H3. The molecule has 1 saturated heterocycles. The second-order valence-corrected chi connectivity index (χ2v) is 6.57. The van der Waals surface area contributed by atoms with E-state index in [0.717, 1.165) is 48.3 Å². The van der Waals surface area contributed by atoms with Crippen LogP contribution in [0.2, 0.25) is 0 Å². The van der Waals surface area contributed by atoms with Crippen LogP contribution in [0.1, 0.15) is 29.8 Å². The Hall–Kier alpha value is -2.82. The highest BCUT2D eigenvalue weighted by atomic mass is 16.2. The third kappa shape index (κ3) is 3.09. The zero-order chi connectivity index (χ0) is 17.2. The first-order valence-electron chi connectivity index (χ1n) is 8.79. The minimum Gasteiger partial charge on any atom is -0.357 e. The summed E-state index contributed by atoms with van der Waals surface area (Å²) in [5, 5.41) is 4.21. The second kappa shape index (κ2) is 6.59. The van der Waals surface area contributed by atoms with E-state index in [2.05, 4.69) is 34.3 Å². The summed E-state index contributed by atoms with van der Waals surface area (Å²) in [5.41, 5.74) is 5.02. The molecule has 0 aliphatic carbocycles. The van der Waals surface area contributed by atoms with Gasteiger partial charge in [-0.3, -0.25) is 9.48 Å². The Morgan fingerprint density at radius 2 is 1.72 bits per heavy atom. The number of piperidine rings is 1. The lowest BCUT2D eigenvalue weighted by molar-refractivity contribution is 0.0719. The van der Waals surface area contributed by atoms with E-state index < -0.39 is 0 Å². The Morgan fingerprint density at radius 3 is 2.40 bits per heavy atom. The van der Waals surface area contributed by atoms with Crippen molar-refractivity contribution >= 4 is 5.91 Å². The van der Waals surface area contributed by atoms with Crippen LogP contribution in [0.15, 0.2) is 48.8 Å².